The van der Waals surface area contributed by atoms with Gasteiger partial charge in [0.2, 0.25) is 5.91 Å². The molecule has 0 aliphatic carbocycles. The van der Waals surface area contributed by atoms with Crippen molar-refractivity contribution in [3.63, 3.8) is 0 Å². The second-order valence-corrected chi connectivity index (χ2v) is 10.1. The van der Waals surface area contributed by atoms with Gasteiger partial charge in [0.25, 0.3) is 11.8 Å². The Morgan fingerprint density at radius 3 is 2.39 bits per heavy atom. The number of nitrogens with one attached hydrogen (secondary N) is 1. The lowest BCUT2D eigenvalue weighted by Crippen LogP contribution is -2.39. The van der Waals surface area contributed by atoms with Gasteiger partial charge >= 0.3 is 5.97 Å². The zero-order chi connectivity index (χ0) is 26.7. The van der Waals surface area contributed by atoms with Gasteiger partial charge in [-0.2, -0.15) is 0 Å². The van der Waals surface area contributed by atoms with Crippen LogP contribution in [0.3, 0.4) is 0 Å². The number of ether oxygens (including phenoxy) is 2. The van der Waals surface area contributed by atoms with Crippen molar-refractivity contribution in [1.29, 1.82) is 0 Å². The van der Waals surface area contributed by atoms with Crippen LogP contribution in [-0.2, 0) is 30.3 Å². The van der Waals surface area contributed by atoms with E-state index in [1.54, 1.807) is 30.3 Å². The van der Waals surface area contributed by atoms with Crippen LogP contribution in [0, 0.1) is 5.41 Å². The summed E-state index contributed by atoms with van der Waals surface area (Å²) in [7, 11) is 1.46. The zero-order valence-electron chi connectivity index (χ0n) is 22.0. The van der Waals surface area contributed by atoms with Gasteiger partial charge < -0.3 is 14.8 Å². The summed E-state index contributed by atoms with van der Waals surface area (Å²) in [6.07, 6.45) is 8.54. The molecule has 1 N–H and O–H groups in total. The quantitative estimate of drug-likeness (QED) is 0.153. The highest BCUT2D eigenvalue weighted by molar-refractivity contribution is 6.07. The fourth-order valence-corrected chi connectivity index (χ4v) is 3.85. The number of esters is 1. The number of nitrogens with zero attached hydrogens (tertiary/aromatic N) is 1. The monoisotopic (exact) mass is 498 g/mol. The van der Waals surface area contributed by atoms with Gasteiger partial charge in [0.05, 0.1) is 13.2 Å². The fourth-order valence-electron chi connectivity index (χ4n) is 3.85. The van der Waals surface area contributed by atoms with Crippen molar-refractivity contribution in [3.8, 4) is 5.75 Å². The summed E-state index contributed by atoms with van der Waals surface area (Å²) in [5, 5.41) is 2.86. The van der Waals surface area contributed by atoms with Crippen LogP contribution in [0.1, 0.15) is 65.4 Å². The summed E-state index contributed by atoms with van der Waals surface area (Å²) in [6, 6.07) is 6.49. The van der Waals surface area contributed by atoms with Crippen LogP contribution >= 0.6 is 0 Å². The van der Waals surface area contributed by atoms with Crippen LogP contribution in [0.15, 0.2) is 48.3 Å². The minimum Gasteiger partial charge on any atom is -0.501 e. The van der Waals surface area contributed by atoms with Crippen molar-refractivity contribution >= 4 is 23.7 Å². The lowest BCUT2D eigenvalue weighted by Gasteiger charge is -2.22. The van der Waals surface area contributed by atoms with E-state index in [4.69, 9.17) is 9.47 Å². The second-order valence-electron chi connectivity index (χ2n) is 10.1. The van der Waals surface area contributed by atoms with Crippen molar-refractivity contribution in [2.24, 2.45) is 5.41 Å². The predicted octanol–water partition coefficient (Wildman–Crippen LogP) is 4.09. The molecule has 8 nitrogen and oxygen atoms in total. The summed E-state index contributed by atoms with van der Waals surface area (Å²) >= 11 is 0. The normalized spacial score (nSPS) is 15.7. The molecule has 1 aliphatic rings. The first-order chi connectivity index (χ1) is 17.0. The molecule has 1 aromatic carbocycles. The Kier molecular flexibility index (Phi) is 10.9. The molecule has 1 heterocycles. The molecule has 0 saturated heterocycles. The van der Waals surface area contributed by atoms with E-state index >= 15 is 0 Å². The number of carbonyl (C=O) groups is 4. The third-order valence-corrected chi connectivity index (χ3v) is 5.72. The summed E-state index contributed by atoms with van der Waals surface area (Å²) in [6.45, 7) is 8.23. The smallest absolute Gasteiger partial charge is 0.308 e. The van der Waals surface area contributed by atoms with E-state index in [-0.39, 0.29) is 11.3 Å². The molecule has 0 spiro atoms. The van der Waals surface area contributed by atoms with E-state index in [1.807, 2.05) is 0 Å². The van der Waals surface area contributed by atoms with E-state index in [0.717, 1.165) is 24.8 Å². The standard InChI is InChI=1S/C28H38N2O6/c1-20(31)36-23-12-9-21(10-13-23)18-22-11-14-26(33)30(22)27(34)19-24(35-5)15-17-29-25(32)8-6-7-16-28(2,3)4/h9-14,19,22H,6-8,15-18H2,1-5H3,(H,29,32)/b24-19+/t22-/m0/s1. The number of carbonyl (C=O) groups excluding carboxylic acids is 4. The molecule has 2 rings (SSSR count). The lowest BCUT2D eigenvalue weighted by molar-refractivity contribution is -0.139. The molecule has 1 atom stereocenters. The largest absolute Gasteiger partial charge is 0.501 e. The van der Waals surface area contributed by atoms with E-state index in [0.29, 0.717) is 37.3 Å². The summed E-state index contributed by atoms with van der Waals surface area (Å²) in [5.74, 6) is -0.475. The van der Waals surface area contributed by atoms with Crippen LogP contribution in [0.2, 0.25) is 0 Å². The third-order valence-electron chi connectivity index (χ3n) is 5.72. The first kappa shape index (κ1) is 28.8. The number of unbranched alkanes of at least 4 members (excludes halogenated alkanes) is 1. The van der Waals surface area contributed by atoms with Crippen molar-refractivity contribution in [3.05, 3.63) is 53.8 Å². The van der Waals surface area contributed by atoms with E-state index in [1.165, 1.54) is 31.1 Å². The highest BCUT2D eigenvalue weighted by Gasteiger charge is 2.31. The van der Waals surface area contributed by atoms with Crippen LogP contribution in [-0.4, -0.2) is 48.3 Å². The van der Waals surface area contributed by atoms with Gasteiger partial charge in [-0.25, -0.2) is 0 Å². The van der Waals surface area contributed by atoms with Crippen molar-refractivity contribution in [1.82, 2.24) is 10.2 Å². The molecule has 0 radical (unpaired) electrons. The Morgan fingerprint density at radius 2 is 1.78 bits per heavy atom. The summed E-state index contributed by atoms with van der Waals surface area (Å²) in [4.78, 5) is 49.6. The van der Waals surface area contributed by atoms with Crippen molar-refractivity contribution in [2.45, 2.75) is 72.3 Å². The number of hydrogen-bond acceptors (Lipinski definition) is 6. The predicted molar refractivity (Wildman–Crippen MR) is 137 cm³/mol. The molecule has 0 aromatic heterocycles. The van der Waals surface area contributed by atoms with Gasteiger partial charge in [0.1, 0.15) is 11.5 Å². The number of amides is 3. The van der Waals surface area contributed by atoms with Gasteiger partial charge in [-0.1, -0.05) is 45.4 Å². The third kappa shape index (κ3) is 10.1. The highest BCUT2D eigenvalue weighted by Crippen LogP contribution is 2.22. The maximum absolute atomic E-state index is 12.9. The first-order valence-electron chi connectivity index (χ1n) is 12.3. The minimum absolute atomic E-state index is 0.0237. The van der Waals surface area contributed by atoms with Crippen molar-refractivity contribution in [2.75, 3.05) is 13.7 Å². The molecule has 0 unspecified atom stereocenters. The molecular weight excluding hydrogens is 460 g/mol. The molecule has 0 saturated carbocycles. The maximum Gasteiger partial charge on any atom is 0.308 e. The maximum atomic E-state index is 12.9. The molecule has 1 aliphatic heterocycles. The zero-order valence-corrected chi connectivity index (χ0v) is 22.0. The fraction of sp³-hybridized carbons (Fsp3) is 0.500. The number of hydrogen-bond donors (Lipinski definition) is 1. The molecule has 196 valence electrons. The lowest BCUT2D eigenvalue weighted by atomic mass is 9.89. The van der Waals surface area contributed by atoms with Gasteiger partial charge in [-0.3, -0.25) is 24.1 Å². The first-order valence-corrected chi connectivity index (χ1v) is 12.3. The number of methoxy groups -OCH3 is 1. The number of imide groups is 1. The average Bonchev–Trinajstić information content (AvgIpc) is 3.16. The molecule has 0 fully saturated rings. The molecular formula is C28H38N2O6. The SMILES string of the molecule is CO/C(=C/C(=O)N1C(=O)C=C[C@H]1Cc1ccc(OC(C)=O)cc1)CCNC(=O)CCCCC(C)(C)C. The van der Waals surface area contributed by atoms with Crippen molar-refractivity contribution < 1.29 is 28.7 Å². The summed E-state index contributed by atoms with van der Waals surface area (Å²) < 4.78 is 10.4. The van der Waals surface area contributed by atoms with Gasteiger partial charge in [0.15, 0.2) is 0 Å². The van der Waals surface area contributed by atoms with E-state index in [2.05, 4.69) is 26.1 Å². The Hall–Kier alpha value is -3.42. The topological polar surface area (TPSA) is 102 Å². The Bertz CT molecular complexity index is 988. The van der Waals surface area contributed by atoms with E-state index < -0.39 is 23.8 Å². The summed E-state index contributed by atoms with van der Waals surface area (Å²) in [5.41, 5.74) is 1.15. The molecule has 36 heavy (non-hydrogen) atoms. The molecule has 1 aromatic rings. The van der Waals surface area contributed by atoms with Gasteiger partial charge in [-0.15, -0.1) is 0 Å². The average molecular weight is 499 g/mol. The second kappa shape index (κ2) is 13.6. The Labute approximate surface area is 213 Å². The Morgan fingerprint density at radius 1 is 1.08 bits per heavy atom. The minimum atomic E-state index is -0.475. The van der Waals surface area contributed by atoms with Crippen LogP contribution in [0.5, 0.6) is 5.75 Å². The van der Waals surface area contributed by atoms with Gasteiger partial charge in [0, 0.05) is 38.5 Å². The highest BCUT2D eigenvalue weighted by atomic mass is 16.5. The van der Waals surface area contributed by atoms with Crippen LogP contribution < -0.4 is 10.1 Å². The molecule has 0 bridgehead atoms. The molecule has 3 amide bonds. The Balaban J connectivity index is 1.87. The molecule has 8 heteroatoms. The number of benzene rings is 1. The van der Waals surface area contributed by atoms with Crippen LogP contribution in [0.25, 0.3) is 0 Å². The number of rotatable bonds is 12. The van der Waals surface area contributed by atoms with Gasteiger partial charge in [-0.05, 0) is 42.4 Å². The van der Waals surface area contributed by atoms with E-state index in [9.17, 15) is 19.2 Å². The van der Waals surface area contributed by atoms with Crippen LogP contribution in [0.4, 0.5) is 0 Å².